The number of anilines is 1. The van der Waals surface area contributed by atoms with Gasteiger partial charge in [-0.15, -0.1) is 0 Å². The van der Waals surface area contributed by atoms with Crippen LogP contribution in [-0.2, 0) is 13.1 Å². The van der Waals surface area contributed by atoms with Crippen LogP contribution in [0.2, 0.25) is 5.02 Å². The molecule has 1 heterocycles. The summed E-state index contributed by atoms with van der Waals surface area (Å²) in [6.45, 7) is 1.73. The minimum atomic E-state index is 0.734. The smallest absolute Gasteiger partial charge is 0.0410 e. The molecule has 0 aliphatic carbocycles. The van der Waals surface area contributed by atoms with Gasteiger partial charge < -0.3 is 5.73 Å². The van der Waals surface area contributed by atoms with E-state index in [0.717, 1.165) is 29.4 Å². The molecule has 1 aromatic carbocycles. The highest BCUT2D eigenvalue weighted by atomic mass is 35.5. The molecule has 0 spiro atoms. The number of halogens is 1. The van der Waals surface area contributed by atoms with Gasteiger partial charge in [-0.2, -0.15) is 11.3 Å². The number of thiophene rings is 1. The van der Waals surface area contributed by atoms with Gasteiger partial charge in [-0.25, -0.2) is 0 Å². The van der Waals surface area contributed by atoms with E-state index < -0.39 is 0 Å². The zero-order chi connectivity index (χ0) is 12.3. The van der Waals surface area contributed by atoms with E-state index in [0.29, 0.717) is 0 Å². The van der Waals surface area contributed by atoms with Crippen molar-refractivity contribution in [3.63, 3.8) is 0 Å². The fourth-order valence-corrected chi connectivity index (χ4v) is 2.61. The van der Waals surface area contributed by atoms with Crippen molar-refractivity contribution in [2.24, 2.45) is 0 Å². The van der Waals surface area contributed by atoms with Gasteiger partial charge in [0.1, 0.15) is 0 Å². The Labute approximate surface area is 111 Å². The Bertz CT molecular complexity index is 482. The molecular weight excluding hydrogens is 252 g/mol. The first-order valence-corrected chi connectivity index (χ1v) is 6.71. The summed E-state index contributed by atoms with van der Waals surface area (Å²) in [5.74, 6) is 0. The summed E-state index contributed by atoms with van der Waals surface area (Å²) in [5.41, 5.74) is 9.14. The molecule has 0 fully saturated rings. The Morgan fingerprint density at radius 2 is 2.12 bits per heavy atom. The Morgan fingerprint density at radius 3 is 2.82 bits per heavy atom. The molecule has 0 saturated heterocycles. The summed E-state index contributed by atoms with van der Waals surface area (Å²) in [7, 11) is 2.08. The van der Waals surface area contributed by atoms with Gasteiger partial charge in [-0.3, -0.25) is 4.90 Å². The first kappa shape index (κ1) is 12.4. The molecule has 2 aromatic rings. The van der Waals surface area contributed by atoms with Gasteiger partial charge in [0.25, 0.3) is 0 Å². The Kier molecular flexibility index (Phi) is 4.05. The lowest BCUT2D eigenvalue weighted by Crippen LogP contribution is -2.17. The number of nitrogens with two attached hydrogens (primary N) is 1. The second-order valence-corrected chi connectivity index (χ2v) is 5.36. The standard InChI is InChI=1S/C13H15ClN2S/c1-16(7-10-4-5-17-9-10)8-11-6-12(14)2-3-13(11)15/h2-6,9H,7-8,15H2,1H3. The van der Waals surface area contributed by atoms with Crippen molar-refractivity contribution in [1.29, 1.82) is 0 Å². The molecule has 4 heteroatoms. The van der Waals surface area contributed by atoms with E-state index in [9.17, 15) is 0 Å². The van der Waals surface area contributed by atoms with E-state index >= 15 is 0 Å². The third-order valence-corrected chi connectivity index (χ3v) is 3.55. The first-order valence-electron chi connectivity index (χ1n) is 5.38. The van der Waals surface area contributed by atoms with Gasteiger partial charge >= 0.3 is 0 Å². The molecule has 1 aromatic heterocycles. The summed E-state index contributed by atoms with van der Waals surface area (Å²) < 4.78 is 0. The highest BCUT2D eigenvalue weighted by molar-refractivity contribution is 7.07. The predicted octanol–water partition coefficient (Wildman–Crippen LogP) is 3.62. The van der Waals surface area contributed by atoms with Gasteiger partial charge in [0.2, 0.25) is 0 Å². The summed E-state index contributed by atoms with van der Waals surface area (Å²) in [4.78, 5) is 2.23. The third-order valence-electron chi connectivity index (χ3n) is 2.58. The lowest BCUT2D eigenvalue weighted by Gasteiger charge is -2.17. The van der Waals surface area contributed by atoms with Crippen LogP contribution in [-0.4, -0.2) is 11.9 Å². The SMILES string of the molecule is CN(Cc1ccsc1)Cc1cc(Cl)ccc1N. The predicted molar refractivity (Wildman–Crippen MR) is 75.4 cm³/mol. The number of nitrogen functional groups attached to an aromatic ring is 1. The van der Waals surface area contributed by atoms with E-state index in [-0.39, 0.29) is 0 Å². The molecule has 90 valence electrons. The Balaban J connectivity index is 2.02. The lowest BCUT2D eigenvalue weighted by atomic mass is 10.1. The molecule has 0 saturated carbocycles. The maximum Gasteiger partial charge on any atom is 0.0410 e. The quantitative estimate of drug-likeness (QED) is 0.857. The minimum Gasteiger partial charge on any atom is -0.398 e. The van der Waals surface area contributed by atoms with E-state index in [1.165, 1.54) is 5.56 Å². The normalized spacial score (nSPS) is 11.0. The topological polar surface area (TPSA) is 29.3 Å². The van der Waals surface area contributed by atoms with Crippen molar-refractivity contribution >= 4 is 28.6 Å². The van der Waals surface area contributed by atoms with Gasteiger partial charge in [0.15, 0.2) is 0 Å². The van der Waals surface area contributed by atoms with E-state index in [4.69, 9.17) is 17.3 Å². The largest absolute Gasteiger partial charge is 0.398 e. The van der Waals surface area contributed by atoms with Crippen LogP contribution >= 0.6 is 22.9 Å². The highest BCUT2D eigenvalue weighted by Gasteiger charge is 2.05. The molecule has 2 nitrogen and oxygen atoms in total. The van der Waals surface area contributed by atoms with Gasteiger partial charge in [-0.05, 0) is 53.2 Å². The molecule has 0 aliphatic rings. The fourth-order valence-electron chi connectivity index (χ4n) is 1.75. The maximum absolute atomic E-state index is 5.97. The Morgan fingerprint density at radius 1 is 1.29 bits per heavy atom. The first-order chi connectivity index (χ1) is 8.15. The molecule has 0 atom stereocenters. The van der Waals surface area contributed by atoms with Crippen LogP contribution in [0.1, 0.15) is 11.1 Å². The van der Waals surface area contributed by atoms with E-state index in [1.54, 1.807) is 11.3 Å². The van der Waals surface area contributed by atoms with E-state index in [1.807, 2.05) is 18.2 Å². The zero-order valence-electron chi connectivity index (χ0n) is 9.69. The maximum atomic E-state index is 5.97. The molecule has 17 heavy (non-hydrogen) atoms. The average Bonchev–Trinajstić information content (AvgIpc) is 2.76. The number of hydrogen-bond acceptors (Lipinski definition) is 3. The summed E-state index contributed by atoms with van der Waals surface area (Å²) >= 11 is 7.69. The Hall–Kier alpha value is -1.03. The number of rotatable bonds is 4. The van der Waals surface area contributed by atoms with Gasteiger partial charge in [-0.1, -0.05) is 11.6 Å². The van der Waals surface area contributed by atoms with Crippen molar-refractivity contribution in [1.82, 2.24) is 4.90 Å². The van der Waals surface area contributed by atoms with Crippen LogP contribution in [0.5, 0.6) is 0 Å². The molecule has 0 aliphatic heterocycles. The number of benzene rings is 1. The summed E-state index contributed by atoms with van der Waals surface area (Å²) in [6.07, 6.45) is 0. The van der Waals surface area contributed by atoms with Gasteiger partial charge in [0.05, 0.1) is 0 Å². The van der Waals surface area contributed by atoms with Crippen molar-refractivity contribution in [3.05, 3.63) is 51.2 Å². The van der Waals surface area contributed by atoms with Crippen LogP contribution in [0.4, 0.5) is 5.69 Å². The van der Waals surface area contributed by atoms with E-state index in [2.05, 4.69) is 28.8 Å². The third kappa shape index (κ3) is 3.46. The summed E-state index contributed by atoms with van der Waals surface area (Å²) in [6, 6.07) is 7.75. The monoisotopic (exact) mass is 266 g/mol. The molecule has 0 bridgehead atoms. The molecule has 2 N–H and O–H groups in total. The molecule has 0 amide bonds. The van der Waals surface area contributed by atoms with Crippen LogP contribution in [0.25, 0.3) is 0 Å². The molecule has 0 unspecified atom stereocenters. The summed E-state index contributed by atoms with van der Waals surface area (Å²) in [5, 5.41) is 4.99. The van der Waals surface area contributed by atoms with Crippen molar-refractivity contribution in [3.8, 4) is 0 Å². The van der Waals surface area contributed by atoms with Crippen LogP contribution in [0.15, 0.2) is 35.0 Å². The van der Waals surface area contributed by atoms with Crippen LogP contribution in [0.3, 0.4) is 0 Å². The zero-order valence-corrected chi connectivity index (χ0v) is 11.3. The second-order valence-electron chi connectivity index (χ2n) is 4.15. The number of hydrogen-bond donors (Lipinski definition) is 1. The fraction of sp³-hybridized carbons (Fsp3) is 0.231. The van der Waals surface area contributed by atoms with Crippen molar-refractivity contribution < 1.29 is 0 Å². The van der Waals surface area contributed by atoms with Gasteiger partial charge in [0, 0.05) is 23.8 Å². The second kappa shape index (κ2) is 5.54. The van der Waals surface area contributed by atoms with Crippen LogP contribution < -0.4 is 5.73 Å². The van der Waals surface area contributed by atoms with Crippen LogP contribution in [0, 0.1) is 0 Å². The number of nitrogens with zero attached hydrogens (tertiary/aromatic N) is 1. The average molecular weight is 267 g/mol. The lowest BCUT2D eigenvalue weighted by molar-refractivity contribution is 0.320. The minimum absolute atomic E-state index is 0.734. The highest BCUT2D eigenvalue weighted by Crippen LogP contribution is 2.20. The van der Waals surface area contributed by atoms with Crippen molar-refractivity contribution in [2.45, 2.75) is 13.1 Å². The molecule has 2 rings (SSSR count). The van der Waals surface area contributed by atoms with Crippen molar-refractivity contribution in [2.75, 3.05) is 12.8 Å². The molecule has 0 radical (unpaired) electrons. The molecular formula is C13H15ClN2S.